The fourth-order valence-corrected chi connectivity index (χ4v) is 1.53. The maximum atomic E-state index is 12.9. The van der Waals surface area contributed by atoms with Crippen molar-refractivity contribution in [2.45, 2.75) is 0 Å². The third-order valence-corrected chi connectivity index (χ3v) is 2.59. The van der Waals surface area contributed by atoms with Gasteiger partial charge in [-0.1, -0.05) is 29.8 Å². The van der Waals surface area contributed by atoms with Crippen LogP contribution in [0.4, 0.5) is 4.39 Å². The van der Waals surface area contributed by atoms with Crippen molar-refractivity contribution in [3.8, 4) is 0 Å². The number of amides is 1. The fraction of sp³-hybridized carbons (Fsp3) is 0. The summed E-state index contributed by atoms with van der Waals surface area (Å²) >= 11 is 5.74. The standard InChI is InChI=1S/C14H10ClFN2O/c15-12-6-4-10(5-7-12)9-17-18-14(19)11-2-1-3-13(16)8-11/h1-9H,(H,18,19)/b17-9-. The summed E-state index contributed by atoms with van der Waals surface area (Å²) in [5, 5.41) is 4.41. The molecule has 0 heterocycles. The van der Waals surface area contributed by atoms with Crippen LogP contribution in [-0.4, -0.2) is 12.1 Å². The molecule has 0 aliphatic heterocycles. The maximum Gasteiger partial charge on any atom is 0.271 e. The van der Waals surface area contributed by atoms with E-state index in [1.807, 2.05) is 0 Å². The molecule has 1 N–H and O–H groups in total. The van der Waals surface area contributed by atoms with E-state index in [0.717, 1.165) is 11.6 Å². The normalized spacial score (nSPS) is 10.6. The molecule has 3 nitrogen and oxygen atoms in total. The molecule has 0 atom stereocenters. The number of hydrogen-bond acceptors (Lipinski definition) is 2. The molecular formula is C14H10ClFN2O. The quantitative estimate of drug-likeness (QED) is 0.679. The molecule has 0 aromatic heterocycles. The summed E-state index contributed by atoms with van der Waals surface area (Å²) in [4.78, 5) is 11.6. The molecule has 0 bridgehead atoms. The highest BCUT2D eigenvalue weighted by Gasteiger charge is 2.04. The van der Waals surface area contributed by atoms with Gasteiger partial charge in [-0.15, -0.1) is 0 Å². The second-order valence-electron chi connectivity index (χ2n) is 3.76. The smallest absolute Gasteiger partial charge is 0.267 e. The van der Waals surface area contributed by atoms with E-state index >= 15 is 0 Å². The van der Waals surface area contributed by atoms with Crippen LogP contribution in [-0.2, 0) is 0 Å². The molecule has 96 valence electrons. The second-order valence-corrected chi connectivity index (χ2v) is 4.20. The Hall–Kier alpha value is -2.20. The highest BCUT2D eigenvalue weighted by molar-refractivity contribution is 6.30. The van der Waals surface area contributed by atoms with Crippen LogP contribution in [0.5, 0.6) is 0 Å². The third kappa shape index (κ3) is 3.89. The zero-order valence-electron chi connectivity index (χ0n) is 9.81. The maximum absolute atomic E-state index is 12.9. The molecule has 1 amide bonds. The summed E-state index contributed by atoms with van der Waals surface area (Å²) in [5.41, 5.74) is 3.33. The SMILES string of the molecule is O=C(N/N=C\c1ccc(Cl)cc1)c1cccc(F)c1. The molecule has 0 fully saturated rings. The van der Waals surface area contributed by atoms with E-state index in [4.69, 9.17) is 11.6 Å². The molecular weight excluding hydrogens is 267 g/mol. The molecule has 2 rings (SSSR count). The highest BCUT2D eigenvalue weighted by atomic mass is 35.5. The molecule has 2 aromatic rings. The predicted molar refractivity (Wildman–Crippen MR) is 72.9 cm³/mol. The third-order valence-electron chi connectivity index (χ3n) is 2.34. The minimum atomic E-state index is -0.468. The first-order valence-electron chi connectivity index (χ1n) is 5.50. The van der Waals surface area contributed by atoms with Crippen LogP contribution in [0, 0.1) is 5.82 Å². The largest absolute Gasteiger partial charge is 0.271 e. The molecule has 0 aliphatic carbocycles. The Morgan fingerprint density at radius 2 is 1.95 bits per heavy atom. The van der Waals surface area contributed by atoms with Gasteiger partial charge in [-0.2, -0.15) is 5.10 Å². The minimum Gasteiger partial charge on any atom is -0.267 e. The van der Waals surface area contributed by atoms with Gasteiger partial charge in [0.05, 0.1) is 6.21 Å². The van der Waals surface area contributed by atoms with Crippen molar-refractivity contribution in [3.63, 3.8) is 0 Å². The van der Waals surface area contributed by atoms with Crippen molar-refractivity contribution in [2.24, 2.45) is 5.10 Å². The molecule has 0 saturated heterocycles. The van der Waals surface area contributed by atoms with Crippen molar-refractivity contribution in [1.82, 2.24) is 5.43 Å². The lowest BCUT2D eigenvalue weighted by atomic mass is 10.2. The molecule has 0 unspecified atom stereocenters. The minimum absolute atomic E-state index is 0.216. The Morgan fingerprint density at radius 1 is 1.21 bits per heavy atom. The van der Waals surface area contributed by atoms with Gasteiger partial charge in [0.15, 0.2) is 0 Å². The van der Waals surface area contributed by atoms with Gasteiger partial charge >= 0.3 is 0 Å². The molecule has 0 aliphatic rings. The Labute approximate surface area is 114 Å². The van der Waals surface area contributed by atoms with E-state index in [-0.39, 0.29) is 5.56 Å². The van der Waals surface area contributed by atoms with E-state index in [9.17, 15) is 9.18 Å². The van der Waals surface area contributed by atoms with Crippen molar-refractivity contribution in [2.75, 3.05) is 0 Å². The van der Waals surface area contributed by atoms with E-state index in [1.54, 1.807) is 24.3 Å². The van der Waals surface area contributed by atoms with Crippen LogP contribution >= 0.6 is 11.6 Å². The molecule has 19 heavy (non-hydrogen) atoms. The van der Waals surface area contributed by atoms with Crippen LogP contribution in [0.25, 0.3) is 0 Å². The van der Waals surface area contributed by atoms with Gasteiger partial charge < -0.3 is 0 Å². The first kappa shape index (κ1) is 13.2. The Bertz CT molecular complexity index is 611. The number of rotatable bonds is 3. The topological polar surface area (TPSA) is 41.5 Å². The summed E-state index contributed by atoms with van der Waals surface area (Å²) < 4.78 is 12.9. The summed E-state index contributed by atoms with van der Waals surface area (Å²) in [6, 6.07) is 12.4. The Balaban J connectivity index is 1.98. The summed E-state index contributed by atoms with van der Waals surface area (Å²) in [7, 11) is 0. The van der Waals surface area contributed by atoms with E-state index < -0.39 is 11.7 Å². The van der Waals surface area contributed by atoms with Crippen molar-refractivity contribution >= 4 is 23.7 Å². The van der Waals surface area contributed by atoms with Gasteiger partial charge in [0, 0.05) is 10.6 Å². The lowest BCUT2D eigenvalue weighted by Gasteiger charge is -1.99. The van der Waals surface area contributed by atoms with Crippen LogP contribution in [0.15, 0.2) is 53.6 Å². The van der Waals surface area contributed by atoms with Crippen LogP contribution < -0.4 is 5.43 Å². The first-order valence-corrected chi connectivity index (χ1v) is 5.87. The summed E-state index contributed by atoms with van der Waals surface area (Å²) in [5.74, 6) is -0.931. The van der Waals surface area contributed by atoms with Gasteiger partial charge in [-0.25, -0.2) is 9.82 Å². The molecule has 0 saturated carbocycles. The lowest BCUT2D eigenvalue weighted by molar-refractivity contribution is 0.0954. The van der Waals surface area contributed by atoms with Crippen molar-refractivity contribution < 1.29 is 9.18 Å². The van der Waals surface area contributed by atoms with E-state index in [0.29, 0.717) is 5.02 Å². The fourth-order valence-electron chi connectivity index (χ4n) is 1.41. The number of hydrogen-bond donors (Lipinski definition) is 1. The van der Waals surface area contributed by atoms with Gasteiger partial charge in [-0.05, 0) is 35.9 Å². The number of hydrazone groups is 1. The zero-order chi connectivity index (χ0) is 13.7. The monoisotopic (exact) mass is 276 g/mol. The predicted octanol–water partition coefficient (Wildman–Crippen LogP) is 3.24. The van der Waals surface area contributed by atoms with E-state index in [2.05, 4.69) is 10.5 Å². The molecule has 2 aromatic carbocycles. The van der Waals surface area contributed by atoms with Crippen LogP contribution in [0.1, 0.15) is 15.9 Å². The summed E-state index contributed by atoms with van der Waals surface area (Å²) in [6.45, 7) is 0. The number of nitrogens with zero attached hydrogens (tertiary/aromatic N) is 1. The highest BCUT2D eigenvalue weighted by Crippen LogP contribution is 2.07. The van der Waals surface area contributed by atoms with Gasteiger partial charge in [-0.3, -0.25) is 4.79 Å². The number of nitrogens with one attached hydrogen (secondary N) is 1. The van der Waals surface area contributed by atoms with Gasteiger partial charge in [0.25, 0.3) is 5.91 Å². The van der Waals surface area contributed by atoms with Gasteiger partial charge in [0.1, 0.15) is 5.82 Å². The Kier molecular flexibility index (Phi) is 4.26. The summed E-state index contributed by atoms with van der Waals surface area (Å²) in [6.07, 6.45) is 1.48. The number of carbonyl (C=O) groups is 1. The van der Waals surface area contributed by atoms with E-state index in [1.165, 1.54) is 24.4 Å². The number of carbonyl (C=O) groups excluding carboxylic acids is 1. The van der Waals surface area contributed by atoms with Crippen LogP contribution in [0.3, 0.4) is 0 Å². The molecule has 5 heteroatoms. The van der Waals surface area contributed by atoms with Crippen LogP contribution in [0.2, 0.25) is 5.02 Å². The average Bonchev–Trinajstić information content (AvgIpc) is 2.41. The average molecular weight is 277 g/mol. The number of benzene rings is 2. The molecule has 0 spiro atoms. The first-order chi connectivity index (χ1) is 9.15. The number of halogens is 2. The second kappa shape index (κ2) is 6.11. The van der Waals surface area contributed by atoms with Gasteiger partial charge in [0.2, 0.25) is 0 Å². The van der Waals surface area contributed by atoms with Crippen molar-refractivity contribution in [1.29, 1.82) is 0 Å². The zero-order valence-corrected chi connectivity index (χ0v) is 10.6. The molecule has 0 radical (unpaired) electrons. The van der Waals surface area contributed by atoms with Crippen molar-refractivity contribution in [3.05, 3.63) is 70.5 Å². The lowest BCUT2D eigenvalue weighted by Crippen LogP contribution is -2.17. The Morgan fingerprint density at radius 3 is 2.63 bits per heavy atom.